The first-order valence-corrected chi connectivity index (χ1v) is 6.26. The predicted molar refractivity (Wildman–Crippen MR) is 75.3 cm³/mol. The summed E-state index contributed by atoms with van der Waals surface area (Å²) in [6.45, 7) is 6.03. The minimum Gasteiger partial charge on any atom is -0.369 e. The largest absolute Gasteiger partial charge is 0.369 e. The van der Waals surface area contributed by atoms with Crippen molar-refractivity contribution in [3.63, 3.8) is 0 Å². The van der Waals surface area contributed by atoms with Gasteiger partial charge < -0.3 is 16.5 Å². The van der Waals surface area contributed by atoms with Gasteiger partial charge in [-0.15, -0.1) is 0 Å². The van der Waals surface area contributed by atoms with Gasteiger partial charge in [0.1, 0.15) is 18.0 Å². The third kappa shape index (κ3) is 3.78. The lowest BCUT2D eigenvalue weighted by Crippen LogP contribution is -2.37. The van der Waals surface area contributed by atoms with E-state index in [2.05, 4.69) is 27.6 Å². The van der Waals surface area contributed by atoms with Crippen LogP contribution in [-0.4, -0.2) is 22.4 Å². The van der Waals surface area contributed by atoms with E-state index in [1.165, 1.54) is 6.33 Å². The number of hydrogen-bond acceptors (Lipinski definition) is 6. The van der Waals surface area contributed by atoms with Crippen LogP contribution < -0.4 is 22.3 Å². The highest BCUT2D eigenvalue weighted by atomic mass is 16.1. The first-order chi connectivity index (χ1) is 8.92. The van der Waals surface area contributed by atoms with Gasteiger partial charge in [-0.3, -0.25) is 4.79 Å². The Morgan fingerprint density at radius 2 is 2.00 bits per heavy atom. The van der Waals surface area contributed by atoms with Gasteiger partial charge in [0.05, 0.1) is 5.41 Å². The van der Waals surface area contributed by atoms with Crippen LogP contribution in [0.15, 0.2) is 6.33 Å². The molecule has 0 fully saturated rings. The molecule has 0 aliphatic carbocycles. The second kappa shape index (κ2) is 6.33. The number of rotatable bonds is 7. The molecule has 1 heterocycles. The molecule has 1 aromatic heterocycles. The topological polar surface area (TPSA) is 119 Å². The summed E-state index contributed by atoms with van der Waals surface area (Å²) in [6.07, 6.45) is 3.16. The van der Waals surface area contributed by atoms with E-state index < -0.39 is 5.41 Å². The second-order valence-electron chi connectivity index (χ2n) is 5.05. The molecule has 0 unspecified atom stereocenters. The minimum atomic E-state index is -0.648. The van der Waals surface area contributed by atoms with Crippen LogP contribution in [0.3, 0.4) is 0 Å². The number of nitrogens with one attached hydrogen (secondary N) is 2. The van der Waals surface area contributed by atoms with Crippen molar-refractivity contribution in [2.75, 3.05) is 17.3 Å². The van der Waals surface area contributed by atoms with E-state index in [-0.39, 0.29) is 5.91 Å². The molecule has 0 saturated heterocycles. The summed E-state index contributed by atoms with van der Waals surface area (Å²) in [4.78, 5) is 19.6. The van der Waals surface area contributed by atoms with Crippen molar-refractivity contribution in [2.45, 2.75) is 33.6 Å². The molecule has 0 radical (unpaired) electrons. The van der Waals surface area contributed by atoms with E-state index in [9.17, 15) is 4.79 Å². The number of nitrogen functional groups attached to an aromatic ring is 1. The van der Waals surface area contributed by atoms with Crippen LogP contribution in [-0.2, 0) is 11.2 Å². The quantitative estimate of drug-likeness (QED) is 0.425. The molecule has 7 nitrogen and oxygen atoms in total. The summed E-state index contributed by atoms with van der Waals surface area (Å²) in [5.41, 5.74) is 8.16. The van der Waals surface area contributed by atoms with Gasteiger partial charge in [-0.05, 0) is 20.3 Å². The van der Waals surface area contributed by atoms with Crippen molar-refractivity contribution < 1.29 is 4.79 Å². The van der Waals surface area contributed by atoms with Gasteiger partial charge in [0, 0.05) is 12.1 Å². The smallest absolute Gasteiger partial charge is 0.224 e. The van der Waals surface area contributed by atoms with Gasteiger partial charge in [0.15, 0.2) is 0 Å². The summed E-state index contributed by atoms with van der Waals surface area (Å²) >= 11 is 0. The Bertz CT molecular complexity index is 446. The average Bonchev–Trinajstić information content (AvgIpc) is 2.37. The molecular formula is C12H22N6O. The maximum Gasteiger partial charge on any atom is 0.224 e. The van der Waals surface area contributed by atoms with Gasteiger partial charge in [-0.1, -0.05) is 13.3 Å². The number of amides is 1. The van der Waals surface area contributed by atoms with E-state index >= 15 is 0 Å². The number of hydrogen-bond donors (Lipinski definition) is 4. The zero-order valence-electron chi connectivity index (χ0n) is 11.7. The van der Waals surface area contributed by atoms with Gasteiger partial charge in [0.25, 0.3) is 0 Å². The Hall–Kier alpha value is -1.89. The van der Waals surface area contributed by atoms with Crippen LogP contribution in [0, 0.1) is 5.41 Å². The van der Waals surface area contributed by atoms with Gasteiger partial charge in [-0.2, -0.15) is 0 Å². The highest BCUT2D eigenvalue weighted by Gasteiger charge is 2.25. The van der Waals surface area contributed by atoms with E-state index in [4.69, 9.17) is 11.6 Å². The van der Waals surface area contributed by atoms with Crippen molar-refractivity contribution in [3.05, 3.63) is 11.9 Å². The average molecular weight is 266 g/mol. The highest BCUT2D eigenvalue weighted by molar-refractivity contribution is 5.80. The summed E-state index contributed by atoms with van der Waals surface area (Å²) < 4.78 is 0. The number of hydrazine groups is 1. The lowest BCUT2D eigenvalue weighted by molar-refractivity contribution is -0.125. The second-order valence-corrected chi connectivity index (χ2v) is 5.05. The lowest BCUT2D eigenvalue weighted by atomic mass is 9.92. The Labute approximate surface area is 113 Å². The fourth-order valence-corrected chi connectivity index (χ4v) is 1.57. The molecule has 0 saturated carbocycles. The Balaban J connectivity index is 2.91. The molecule has 19 heavy (non-hydrogen) atoms. The molecule has 0 spiro atoms. The van der Waals surface area contributed by atoms with E-state index in [0.717, 1.165) is 18.4 Å². The van der Waals surface area contributed by atoms with E-state index in [1.54, 1.807) is 13.8 Å². The first kappa shape index (κ1) is 15.2. The fourth-order valence-electron chi connectivity index (χ4n) is 1.57. The maximum atomic E-state index is 11.3. The van der Waals surface area contributed by atoms with Gasteiger partial charge in [-0.25, -0.2) is 15.8 Å². The molecule has 0 bridgehead atoms. The number of carbonyl (C=O) groups is 1. The summed E-state index contributed by atoms with van der Waals surface area (Å²) in [5, 5.41) is 3.15. The molecule has 1 amide bonds. The number of carbonyl (C=O) groups excluding carboxylic acids is 1. The van der Waals surface area contributed by atoms with Gasteiger partial charge in [0.2, 0.25) is 5.91 Å². The Morgan fingerprint density at radius 1 is 1.37 bits per heavy atom. The normalized spacial score (nSPS) is 11.2. The van der Waals surface area contributed by atoms with Crippen LogP contribution in [0.4, 0.5) is 11.6 Å². The SMILES string of the molecule is CCCc1c(NN)ncnc1NCC(C)(C)C(N)=O. The number of nitrogens with zero attached hydrogens (tertiary/aromatic N) is 2. The number of anilines is 2. The van der Waals surface area contributed by atoms with Crippen molar-refractivity contribution >= 4 is 17.5 Å². The van der Waals surface area contributed by atoms with Crippen LogP contribution in [0.2, 0.25) is 0 Å². The molecule has 0 aliphatic heterocycles. The van der Waals surface area contributed by atoms with Crippen LogP contribution in [0.25, 0.3) is 0 Å². The van der Waals surface area contributed by atoms with Crippen molar-refractivity contribution in [1.82, 2.24) is 9.97 Å². The zero-order valence-corrected chi connectivity index (χ0v) is 11.7. The third-order valence-electron chi connectivity index (χ3n) is 2.95. The van der Waals surface area contributed by atoms with Crippen LogP contribution >= 0.6 is 0 Å². The Kier molecular flexibility index (Phi) is 5.05. The molecule has 7 heteroatoms. The lowest BCUT2D eigenvalue weighted by Gasteiger charge is -2.22. The number of aromatic nitrogens is 2. The molecule has 6 N–H and O–H groups in total. The van der Waals surface area contributed by atoms with E-state index in [1.807, 2.05) is 0 Å². The summed E-state index contributed by atoms with van der Waals surface area (Å²) in [6, 6.07) is 0. The summed E-state index contributed by atoms with van der Waals surface area (Å²) in [7, 11) is 0. The number of primary amides is 1. The van der Waals surface area contributed by atoms with Gasteiger partial charge >= 0.3 is 0 Å². The molecule has 106 valence electrons. The molecule has 0 aliphatic rings. The monoisotopic (exact) mass is 266 g/mol. The Morgan fingerprint density at radius 3 is 2.53 bits per heavy atom. The minimum absolute atomic E-state index is 0.358. The number of nitrogens with two attached hydrogens (primary N) is 2. The maximum absolute atomic E-state index is 11.3. The molecule has 1 rings (SSSR count). The van der Waals surface area contributed by atoms with E-state index in [0.29, 0.717) is 18.2 Å². The van der Waals surface area contributed by atoms with Crippen molar-refractivity contribution in [3.8, 4) is 0 Å². The molecular weight excluding hydrogens is 244 g/mol. The molecule has 0 atom stereocenters. The van der Waals surface area contributed by atoms with Crippen LogP contribution in [0.1, 0.15) is 32.8 Å². The first-order valence-electron chi connectivity index (χ1n) is 6.26. The third-order valence-corrected chi connectivity index (χ3v) is 2.95. The van der Waals surface area contributed by atoms with Crippen LogP contribution in [0.5, 0.6) is 0 Å². The summed E-state index contributed by atoms with van der Waals surface area (Å²) in [5.74, 6) is 6.35. The predicted octanol–water partition coefficient (Wildman–Crippen LogP) is 0.638. The molecule has 1 aromatic rings. The zero-order chi connectivity index (χ0) is 14.5. The standard InChI is InChI=1S/C12H22N6O/c1-4-5-8-9(16-7-17-10(8)18-14)15-6-12(2,3)11(13)19/h7H,4-6,14H2,1-3H3,(H2,13,19)(H2,15,16,17,18). The van der Waals surface area contributed by atoms with Crippen molar-refractivity contribution in [1.29, 1.82) is 0 Å². The fraction of sp³-hybridized carbons (Fsp3) is 0.583. The molecule has 0 aromatic carbocycles. The highest BCUT2D eigenvalue weighted by Crippen LogP contribution is 2.22. The van der Waals surface area contributed by atoms with Crippen molar-refractivity contribution in [2.24, 2.45) is 17.0 Å².